The Morgan fingerprint density at radius 1 is 1.19 bits per heavy atom. The van der Waals surface area contributed by atoms with Crippen molar-refractivity contribution >= 4 is 5.82 Å². The Morgan fingerprint density at radius 3 is 2.44 bits per heavy atom. The van der Waals surface area contributed by atoms with Gasteiger partial charge in [0.15, 0.2) is 0 Å². The summed E-state index contributed by atoms with van der Waals surface area (Å²) < 4.78 is 28.1. The van der Waals surface area contributed by atoms with Gasteiger partial charge in [0, 0.05) is 24.2 Å². The molecular weight excluding hydrogens is 212 g/mol. The Balaban J connectivity index is 2.65. The summed E-state index contributed by atoms with van der Waals surface area (Å²) in [4.78, 5) is 0. The number of anilines is 1. The molecule has 0 saturated heterocycles. The van der Waals surface area contributed by atoms with E-state index in [9.17, 15) is 8.78 Å². The topological polar surface area (TPSA) is 43.8 Å². The molecule has 0 aliphatic carbocycles. The van der Waals surface area contributed by atoms with Gasteiger partial charge in [0.2, 0.25) is 0 Å². The van der Waals surface area contributed by atoms with Crippen LogP contribution in [0.15, 0.2) is 18.3 Å². The van der Waals surface area contributed by atoms with Gasteiger partial charge < -0.3 is 5.73 Å². The van der Waals surface area contributed by atoms with Crippen molar-refractivity contribution in [1.82, 2.24) is 9.78 Å². The van der Waals surface area contributed by atoms with Crippen LogP contribution in [-0.4, -0.2) is 9.78 Å². The number of rotatable bonds is 1. The van der Waals surface area contributed by atoms with E-state index in [0.717, 1.165) is 6.07 Å². The molecule has 16 heavy (non-hydrogen) atoms. The molecule has 2 rings (SSSR count). The van der Waals surface area contributed by atoms with Crippen LogP contribution < -0.4 is 5.73 Å². The van der Waals surface area contributed by atoms with Crippen molar-refractivity contribution < 1.29 is 8.78 Å². The summed E-state index contributed by atoms with van der Waals surface area (Å²) in [6.07, 6.45) is 1.46. The summed E-state index contributed by atoms with van der Waals surface area (Å²) >= 11 is 0. The quantitative estimate of drug-likeness (QED) is 0.805. The lowest BCUT2D eigenvalue weighted by Crippen LogP contribution is -1.99. The fraction of sp³-hybridized carbons (Fsp3) is 0.182. The van der Waals surface area contributed by atoms with E-state index < -0.39 is 11.6 Å². The third-order valence-corrected chi connectivity index (χ3v) is 2.52. The number of benzene rings is 1. The molecule has 0 unspecified atom stereocenters. The third-order valence-electron chi connectivity index (χ3n) is 2.52. The van der Waals surface area contributed by atoms with Crippen LogP contribution in [0.5, 0.6) is 0 Å². The Kier molecular flexibility index (Phi) is 2.38. The first-order valence-corrected chi connectivity index (χ1v) is 4.74. The highest BCUT2D eigenvalue weighted by Crippen LogP contribution is 2.29. The van der Waals surface area contributed by atoms with Crippen molar-refractivity contribution in [3.8, 4) is 11.1 Å². The van der Waals surface area contributed by atoms with E-state index in [1.807, 2.05) is 0 Å². The van der Waals surface area contributed by atoms with Gasteiger partial charge in [-0.25, -0.2) is 8.78 Å². The molecule has 0 spiro atoms. The van der Waals surface area contributed by atoms with E-state index in [2.05, 4.69) is 5.10 Å². The number of nitrogen functional groups attached to an aromatic ring is 1. The van der Waals surface area contributed by atoms with Gasteiger partial charge in [-0.3, -0.25) is 4.68 Å². The van der Waals surface area contributed by atoms with Gasteiger partial charge in [-0.1, -0.05) is 0 Å². The van der Waals surface area contributed by atoms with E-state index in [-0.39, 0.29) is 5.56 Å². The molecule has 3 nitrogen and oxygen atoms in total. The average molecular weight is 223 g/mol. The molecule has 0 saturated carbocycles. The van der Waals surface area contributed by atoms with E-state index >= 15 is 0 Å². The van der Waals surface area contributed by atoms with E-state index in [0.29, 0.717) is 16.9 Å². The lowest BCUT2D eigenvalue weighted by Gasteiger charge is -2.05. The molecule has 2 N–H and O–H groups in total. The van der Waals surface area contributed by atoms with Crippen LogP contribution in [0.4, 0.5) is 14.6 Å². The highest BCUT2D eigenvalue weighted by Gasteiger charge is 2.14. The number of nitrogens with two attached hydrogens (primary N) is 1. The van der Waals surface area contributed by atoms with Crippen molar-refractivity contribution in [2.75, 3.05) is 5.73 Å². The normalized spacial score (nSPS) is 10.8. The predicted molar refractivity (Wildman–Crippen MR) is 57.7 cm³/mol. The van der Waals surface area contributed by atoms with Crippen LogP contribution in [0.2, 0.25) is 0 Å². The molecule has 0 amide bonds. The van der Waals surface area contributed by atoms with Crippen molar-refractivity contribution in [3.05, 3.63) is 35.5 Å². The lowest BCUT2D eigenvalue weighted by molar-refractivity contribution is 0.579. The molecule has 0 aliphatic heterocycles. The van der Waals surface area contributed by atoms with Gasteiger partial charge in [-0.2, -0.15) is 5.10 Å². The molecule has 0 atom stereocenters. The molecule has 0 radical (unpaired) electrons. The van der Waals surface area contributed by atoms with Crippen LogP contribution in [0.25, 0.3) is 11.1 Å². The second-order valence-electron chi connectivity index (χ2n) is 3.65. The van der Waals surface area contributed by atoms with Crippen molar-refractivity contribution in [3.63, 3.8) is 0 Å². The SMILES string of the molecule is Cc1cc(-c2cnn(C)c2N)c(F)cc1F. The fourth-order valence-electron chi connectivity index (χ4n) is 1.52. The summed E-state index contributed by atoms with van der Waals surface area (Å²) in [5.41, 5.74) is 6.85. The highest BCUT2D eigenvalue weighted by molar-refractivity contribution is 5.74. The monoisotopic (exact) mass is 223 g/mol. The van der Waals surface area contributed by atoms with Crippen LogP contribution in [-0.2, 0) is 7.05 Å². The molecule has 0 aliphatic rings. The largest absolute Gasteiger partial charge is 0.383 e. The van der Waals surface area contributed by atoms with Crippen LogP contribution in [0.1, 0.15) is 5.56 Å². The maximum absolute atomic E-state index is 13.6. The molecule has 1 aromatic heterocycles. The standard InChI is InChI=1S/C11H11F2N3/c1-6-3-7(10(13)4-9(6)12)8-5-15-16(2)11(8)14/h3-5H,14H2,1-2H3. The summed E-state index contributed by atoms with van der Waals surface area (Å²) in [7, 11) is 1.66. The van der Waals surface area contributed by atoms with Crippen molar-refractivity contribution in [2.45, 2.75) is 6.92 Å². The molecule has 1 aromatic carbocycles. The van der Waals surface area contributed by atoms with Gasteiger partial charge in [0.05, 0.1) is 6.20 Å². The highest BCUT2D eigenvalue weighted by atomic mass is 19.1. The Hall–Kier alpha value is -1.91. The maximum atomic E-state index is 13.6. The maximum Gasteiger partial charge on any atom is 0.134 e. The average Bonchev–Trinajstić information content (AvgIpc) is 2.54. The molecule has 0 bridgehead atoms. The van der Waals surface area contributed by atoms with Crippen LogP contribution >= 0.6 is 0 Å². The number of hydrogen-bond acceptors (Lipinski definition) is 2. The first-order chi connectivity index (χ1) is 7.50. The first-order valence-electron chi connectivity index (χ1n) is 4.74. The minimum absolute atomic E-state index is 0.268. The zero-order chi connectivity index (χ0) is 11.9. The number of aryl methyl sites for hydroxylation is 2. The van der Waals surface area contributed by atoms with E-state index in [4.69, 9.17) is 5.73 Å². The Labute approximate surface area is 91.5 Å². The second kappa shape index (κ2) is 3.59. The number of halogens is 2. The number of hydrogen-bond donors (Lipinski definition) is 1. The Bertz CT molecular complexity index is 546. The molecule has 1 heterocycles. The molecule has 5 heteroatoms. The predicted octanol–water partition coefficient (Wildman–Crippen LogP) is 2.26. The number of nitrogens with zero attached hydrogens (tertiary/aromatic N) is 2. The summed E-state index contributed by atoms with van der Waals surface area (Å²) in [5, 5.41) is 3.92. The van der Waals surface area contributed by atoms with E-state index in [1.54, 1.807) is 14.0 Å². The number of aromatic nitrogens is 2. The minimum atomic E-state index is -0.636. The van der Waals surface area contributed by atoms with Crippen LogP contribution in [0, 0.1) is 18.6 Å². The van der Waals surface area contributed by atoms with Gasteiger partial charge in [0.25, 0.3) is 0 Å². The smallest absolute Gasteiger partial charge is 0.134 e. The van der Waals surface area contributed by atoms with Gasteiger partial charge in [-0.05, 0) is 18.6 Å². The van der Waals surface area contributed by atoms with Gasteiger partial charge >= 0.3 is 0 Å². The lowest BCUT2D eigenvalue weighted by atomic mass is 10.0. The van der Waals surface area contributed by atoms with Crippen LogP contribution in [0.3, 0.4) is 0 Å². The summed E-state index contributed by atoms with van der Waals surface area (Å²) in [6, 6.07) is 2.29. The minimum Gasteiger partial charge on any atom is -0.383 e. The van der Waals surface area contributed by atoms with Crippen molar-refractivity contribution in [1.29, 1.82) is 0 Å². The van der Waals surface area contributed by atoms with Gasteiger partial charge in [0.1, 0.15) is 17.5 Å². The van der Waals surface area contributed by atoms with Crippen molar-refractivity contribution in [2.24, 2.45) is 7.05 Å². The Morgan fingerprint density at radius 2 is 1.88 bits per heavy atom. The molecular formula is C11H11F2N3. The van der Waals surface area contributed by atoms with Gasteiger partial charge in [-0.15, -0.1) is 0 Å². The summed E-state index contributed by atoms with van der Waals surface area (Å²) in [6.45, 7) is 1.57. The molecule has 0 fully saturated rings. The first kappa shape index (κ1) is 10.6. The zero-order valence-corrected chi connectivity index (χ0v) is 8.96. The molecule has 84 valence electrons. The summed E-state index contributed by atoms with van der Waals surface area (Å²) in [5.74, 6) is -0.851. The zero-order valence-electron chi connectivity index (χ0n) is 8.96. The fourth-order valence-corrected chi connectivity index (χ4v) is 1.52. The molecule has 2 aromatic rings. The van der Waals surface area contributed by atoms with E-state index in [1.165, 1.54) is 16.9 Å². The third kappa shape index (κ3) is 1.54. The second-order valence-corrected chi connectivity index (χ2v) is 3.65.